The van der Waals surface area contributed by atoms with Crippen LogP contribution in [0.5, 0.6) is 0 Å². The molecular formula is C20H20BrN3O. The van der Waals surface area contributed by atoms with Gasteiger partial charge in [0.25, 0.3) is 0 Å². The number of hydrogen-bond acceptors (Lipinski definition) is 2. The first-order chi connectivity index (χ1) is 12.0. The van der Waals surface area contributed by atoms with Crippen molar-refractivity contribution in [3.8, 4) is 5.69 Å². The minimum absolute atomic E-state index is 0.00112. The molecule has 3 aromatic rings. The number of benzene rings is 2. The van der Waals surface area contributed by atoms with Crippen molar-refractivity contribution in [3.05, 3.63) is 76.0 Å². The summed E-state index contributed by atoms with van der Waals surface area (Å²) in [5.41, 5.74) is 4.66. The smallest absolute Gasteiger partial charge is 0.224 e. The van der Waals surface area contributed by atoms with Gasteiger partial charge in [0.1, 0.15) is 0 Å². The van der Waals surface area contributed by atoms with Crippen molar-refractivity contribution >= 4 is 27.5 Å². The minimum Gasteiger partial charge on any atom is -0.323 e. The zero-order valence-electron chi connectivity index (χ0n) is 14.3. The van der Waals surface area contributed by atoms with E-state index < -0.39 is 0 Å². The molecule has 0 aliphatic heterocycles. The Labute approximate surface area is 156 Å². The van der Waals surface area contributed by atoms with Gasteiger partial charge in [-0.3, -0.25) is 4.79 Å². The molecule has 1 amide bonds. The second-order valence-electron chi connectivity index (χ2n) is 5.97. The lowest BCUT2D eigenvalue weighted by Crippen LogP contribution is -2.13. The molecule has 0 radical (unpaired) electrons. The number of rotatable bonds is 5. The number of amides is 1. The third-order valence-electron chi connectivity index (χ3n) is 4.09. The summed E-state index contributed by atoms with van der Waals surface area (Å²) >= 11 is 3.46. The molecule has 128 valence electrons. The topological polar surface area (TPSA) is 46.9 Å². The molecule has 0 saturated carbocycles. The molecule has 5 heteroatoms. The number of aryl methyl sites for hydroxylation is 2. The van der Waals surface area contributed by atoms with Crippen LogP contribution in [0.15, 0.2) is 59.1 Å². The van der Waals surface area contributed by atoms with E-state index in [1.807, 2.05) is 73.1 Å². The highest BCUT2D eigenvalue weighted by Crippen LogP contribution is 2.23. The summed E-state index contributed by atoms with van der Waals surface area (Å²) in [6, 6.07) is 17.9. The summed E-state index contributed by atoms with van der Waals surface area (Å²) in [4.78, 5) is 12.4. The summed E-state index contributed by atoms with van der Waals surface area (Å²) in [6.45, 7) is 3.88. The Kier molecular flexibility index (Phi) is 5.34. The van der Waals surface area contributed by atoms with Gasteiger partial charge in [-0.1, -0.05) is 46.3 Å². The fraction of sp³-hybridized carbons (Fsp3) is 0.200. The Bertz CT molecular complexity index is 887. The first-order valence-corrected chi connectivity index (χ1v) is 9.00. The van der Waals surface area contributed by atoms with Gasteiger partial charge >= 0.3 is 0 Å². The molecule has 0 fully saturated rings. The van der Waals surface area contributed by atoms with Gasteiger partial charge in [0.15, 0.2) is 0 Å². The number of carbonyl (C=O) groups excluding carboxylic acids is 1. The molecule has 25 heavy (non-hydrogen) atoms. The van der Waals surface area contributed by atoms with Crippen LogP contribution in [-0.4, -0.2) is 15.7 Å². The molecule has 0 aliphatic carbocycles. The molecule has 0 atom stereocenters. The minimum atomic E-state index is -0.00112. The van der Waals surface area contributed by atoms with Gasteiger partial charge in [-0.05, 0) is 50.1 Å². The highest BCUT2D eigenvalue weighted by molar-refractivity contribution is 9.10. The molecule has 0 bridgehead atoms. The highest BCUT2D eigenvalue weighted by Gasteiger charge is 2.15. The molecule has 0 unspecified atom stereocenters. The number of halogens is 1. The lowest BCUT2D eigenvalue weighted by Gasteiger charge is -2.07. The van der Waals surface area contributed by atoms with Gasteiger partial charge in [-0.15, -0.1) is 0 Å². The third-order valence-corrected chi connectivity index (χ3v) is 4.58. The number of anilines is 1. The molecule has 1 N–H and O–H groups in total. The van der Waals surface area contributed by atoms with E-state index in [2.05, 4.69) is 26.3 Å². The number of para-hydroxylation sites is 1. The van der Waals surface area contributed by atoms with E-state index in [-0.39, 0.29) is 5.91 Å². The van der Waals surface area contributed by atoms with Crippen LogP contribution in [0, 0.1) is 13.8 Å². The average molecular weight is 398 g/mol. The van der Waals surface area contributed by atoms with Crippen LogP contribution in [-0.2, 0) is 11.2 Å². The van der Waals surface area contributed by atoms with E-state index >= 15 is 0 Å². The number of carbonyl (C=O) groups is 1. The molecule has 4 nitrogen and oxygen atoms in total. The molecule has 3 rings (SSSR count). The zero-order chi connectivity index (χ0) is 17.8. The van der Waals surface area contributed by atoms with E-state index in [9.17, 15) is 4.79 Å². The van der Waals surface area contributed by atoms with Crippen LogP contribution in [0.4, 0.5) is 5.69 Å². The predicted molar refractivity (Wildman–Crippen MR) is 104 cm³/mol. The van der Waals surface area contributed by atoms with E-state index in [0.29, 0.717) is 12.8 Å². The van der Waals surface area contributed by atoms with Gasteiger partial charge in [0.05, 0.1) is 22.8 Å². The predicted octanol–water partition coefficient (Wildman–Crippen LogP) is 4.82. The van der Waals surface area contributed by atoms with Crippen molar-refractivity contribution in [2.45, 2.75) is 26.7 Å². The van der Waals surface area contributed by atoms with E-state index in [1.54, 1.807) is 0 Å². The highest BCUT2D eigenvalue weighted by atomic mass is 79.9. The van der Waals surface area contributed by atoms with Crippen molar-refractivity contribution < 1.29 is 4.79 Å². The normalized spacial score (nSPS) is 10.7. The van der Waals surface area contributed by atoms with Crippen LogP contribution in [0.25, 0.3) is 5.69 Å². The van der Waals surface area contributed by atoms with E-state index in [0.717, 1.165) is 32.8 Å². The van der Waals surface area contributed by atoms with Crippen molar-refractivity contribution in [2.24, 2.45) is 0 Å². The molecule has 1 aromatic heterocycles. The number of nitrogens with one attached hydrogen (secondary N) is 1. The zero-order valence-corrected chi connectivity index (χ0v) is 15.9. The van der Waals surface area contributed by atoms with Gasteiger partial charge in [-0.2, -0.15) is 5.10 Å². The fourth-order valence-electron chi connectivity index (χ4n) is 2.80. The Balaban J connectivity index is 1.70. The molecule has 0 saturated heterocycles. The van der Waals surface area contributed by atoms with Crippen LogP contribution < -0.4 is 5.32 Å². The fourth-order valence-corrected chi connectivity index (χ4v) is 3.24. The van der Waals surface area contributed by atoms with Crippen LogP contribution >= 0.6 is 15.9 Å². The third kappa shape index (κ3) is 4.17. The quantitative estimate of drug-likeness (QED) is 0.670. The van der Waals surface area contributed by atoms with Gasteiger partial charge < -0.3 is 5.32 Å². The second kappa shape index (κ2) is 7.66. The number of hydrogen-bond donors (Lipinski definition) is 1. The molecule has 1 heterocycles. The second-order valence-corrected chi connectivity index (χ2v) is 6.89. The lowest BCUT2D eigenvalue weighted by atomic mass is 10.1. The van der Waals surface area contributed by atoms with E-state index in [4.69, 9.17) is 0 Å². The maximum Gasteiger partial charge on any atom is 0.224 e. The van der Waals surface area contributed by atoms with Gasteiger partial charge in [-0.25, -0.2) is 4.68 Å². The average Bonchev–Trinajstić information content (AvgIpc) is 2.89. The monoisotopic (exact) mass is 397 g/mol. The van der Waals surface area contributed by atoms with Crippen LogP contribution in [0.2, 0.25) is 0 Å². The summed E-state index contributed by atoms with van der Waals surface area (Å²) in [6.07, 6.45) is 1.14. The Hall–Kier alpha value is -2.40. The summed E-state index contributed by atoms with van der Waals surface area (Å²) in [5.74, 6) is -0.00112. The summed E-state index contributed by atoms with van der Waals surface area (Å²) in [5, 5.41) is 7.58. The van der Waals surface area contributed by atoms with Gasteiger partial charge in [0, 0.05) is 10.9 Å². The first kappa shape index (κ1) is 17.4. The van der Waals surface area contributed by atoms with E-state index in [1.165, 1.54) is 0 Å². The van der Waals surface area contributed by atoms with Crippen LogP contribution in [0.1, 0.15) is 23.4 Å². The molecule has 0 spiro atoms. The largest absolute Gasteiger partial charge is 0.323 e. The van der Waals surface area contributed by atoms with Crippen molar-refractivity contribution in [1.29, 1.82) is 0 Å². The first-order valence-electron chi connectivity index (χ1n) is 8.20. The Morgan fingerprint density at radius 1 is 1.12 bits per heavy atom. The SMILES string of the molecule is Cc1nn(-c2ccccc2)c(C)c1NC(=O)CCc1cccc(Br)c1. The summed E-state index contributed by atoms with van der Waals surface area (Å²) in [7, 11) is 0. The van der Waals surface area contributed by atoms with Crippen LogP contribution in [0.3, 0.4) is 0 Å². The molecular weight excluding hydrogens is 378 g/mol. The number of nitrogens with zero attached hydrogens (tertiary/aromatic N) is 2. The summed E-state index contributed by atoms with van der Waals surface area (Å²) < 4.78 is 2.89. The lowest BCUT2D eigenvalue weighted by molar-refractivity contribution is -0.116. The van der Waals surface area contributed by atoms with Crippen molar-refractivity contribution in [1.82, 2.24) is 9.78 Å². The van der Waals surface area contributed by atoms with Crippen molar-refractivity contribution in [3.63, 3.8) is 0 Å². The standard InChI is InChI=1S/C20H20BrN3O/c1-14-20(15(2)24(23-14)18-9-4-3-5-10-18)22-19(25)12-11-16-7-6-8-17(21)13-16/h3-10,13H,11-12H2,1-2H3,(H,22,25). The molecule has 2 aromatic carbocycles. The van der Waals surface area contributed by atoms with Gasteiger partial charge in [0.2, 0.25) is 5.91 Å². The molecule has 0 aliphatic rings. The Morgan fingerprint density at radius 3 is 2.60 bits per heavy atom. The Morgan fingerprint density at radius 2 is 1.88 bits per heavy atom. The van der Waals surface area contributed by atoms with Crippen molar-refractivity contribution in [2.75, 3.05) is 5.32 Å². The number of aromatic nitrogens is 2. The maximum atomic E-state index is 12.4. The maximum absolute atomic E-state index is 12.4.